The van der Waals surface area contributed by atoms with Crippen molar-refractivity contribution in [3.63, 3.8) is 0 Å². The summed E-state index contributed by atoms with van der Waals surface area (Å²) in [6.07, 6.45) is 2.14. The molecule has 0 saturated carbocycles. The van der Waals surface area contributed by atoms with Crippen LogP contribution < -0.4 is 0 Å². The first-order valence-corrected chi connectivity index (χ1v) is 8.18. The van der Waals surface area contributed by atoms with Crippen LogP contribution in [0.15, 0.2) is 0 Å². The monoisotopic (exact) mass is 293 g/mol. The van der Waals surface area contributed by atoms with E-state index in [1.807, 2.05) is 13.8 Å². The number of hydrogen-bond donors (Lipinski definition) is 0. The van der Waals surface area contributed by atoms with Gasteiger partial charge in [-0.15, -0.1) is 0 Å². The summed E-state index contributed by atoms with van der Waals surface area (Å²) in [6, 6.07) is -0.678. The van der Waals surface area contributed by atoms with Crippen LogP contribution in [0.2, 0.25) is 0 Å². The second-order valence-corrected chi connectivity index (χ2v) is 6.92. The Morgan fingerprint density at radius 1 is 1.37 bits per heavy atom. The van der Waals surface area contributed by atoms with Gasteiger partial charge in [-0.1, -0.05) is 0 Å². The molecule has 0 N–H and O–H groups in total. The van der Waals surface area contributed by atoms with Gasteiger partial charge in [-0.2, -0.15) is 4.31 Å². The molecule has 6 nitrogen and oxygen atoms in total. The third-order valence-corrected chi connectivity index (χ3v) is 4.91. The molecular formula is C12H23NO5S. The zero-order valence-corrected chi connectivity index (χ0v) is 12.6. The molecule has 0 aliphatic carbocycles. The number of carbonyl (C=O) groups is 1. The van der Waals surface area contributed by atoms with Gasteiger partial charge in [-0.3, -0.25) is 4.79 Å². The van der Waals surface area contributed by atoms with Gasteiger partial charge >= 0.3 is 5.97 Å². The molecule has 0 aromatic rings. The van der Waals surface area contributed by atoms with Crippen LogP contribution in [0, 0.1) is 0 Å². The Morgan fingerprint density at radius 3 is 2.63 bits per heavy atom. The first-order chi connectivity index (χ1) is 8.88. The summed E-state index contributed by atoms with van der Waals surface area (Å²) in [6.45, 7) is 4.23. The SMILES string of the molecule is COC(=O)[C@H]1CCCCN1S(=O)(=O)CCOC(C)C. The van der Waals surface area contributed by atoms with E-state index in [-0.39, 0.29) is 18.5 Å². The van der Waals surface area contributed by atoms with E-state index in [0.29, 0.717) is 13.0 Å². The number of methoxy groups -OCH3 is 1. The van der Waals surface area contributed by atoms with Crippen molar-refractivity contribution in [3.05, 3.63) is 0 Å². The molecule has 0 aromatic carbocycles. The van der Waals surface area contributed by atoms with E-state index >= 15 is 0 Å². The molecule has 0 spiro atoms. The lowest BCUT2D eigenvalue weighted by atomic mass is 10.1. The number of sulfonamides is 1. The molecule has 0 amide bonds. The molecule has 1 aliphatic heterocycles. The fourth-order valence-corrected chi connectivity index (χ4v) is 3.64. The second-order valence-electron chi connectivity index (χ2n) is 4.88. The molecule has 1 fully saturated rings. The molecule has 1 rings (SSSR count). The van der Waals surface area contributed by atoms with Gasteiger partial charge < -0.3 is 9.47 Å². The van der Waals surface area contributed by atoms with Crippen molar-refractivity contribution in [3.8, 4) is 0 Å². The van der Waals surface area contributed by atoms with E-state index in [4.69, 9.17) is 4.74 Å². The predicted octanol–water partition coefficient (Wildman–Crippen LogP) is 0.769. The first-order valence-electron chi connectivity index (χ1n) is 6.57. The van der Waals surface area contributed by atoms with E-state index in [0.717, 1.165) is 12.8 Å². The van der Waals surface area contributed by atoms with Crippen LogP contribution in [0.1, 0.15) is 33.1 Å². The molecule has 1 saturated heterocycles. The van der Waals surface area contributed by atoms with E-state index in [9.17, 15) is 13.2 Å². The standard InChI is InChI=1S/C12H23NO5S/c1-10(2)18-8-9-19(15,16)13-7-5-4-6-11(13)12(14)17-3/h10-11H,4-9H2,1-3H3/t11-/m1/s1. The van der Waals surface area contributed by atoms with Crippen molar-refractivity contribution < 1.29 is 22.7 Å². The number of piperidine rings is 1. The van der Waals surface area contributed by atoms with E-state index in [2.05, 4.69) is 4.74 Å². The Kier molecular flexibility index (Phi) is 6.22. The predicted molar refractivity (Wildman–Crippen MR) is 71.2 cm³/mol. The van der Waals surface area contributed by atoms with Crippen molar-refractivity contribution in [1.82, 2.24) is 4.31 Å². The smallest absolute Gasteiger partial charge is 0.324 e. The average Bonchev–Trinajstić information content (AvgIpc) is 2.37. The van der Waals surface area contributed by atoms with Gasteiger partial charge in [0.25, 0.3) is 0 Å². The Morgan fingerprint density at radius 2 is 2.05 bits per heavy atom. The summed E-state index contributed by atoms with van der Waals surface area (Å²) in [4.78, 5) is 11.6. The quantitative estimate of drug-likeness (QED) is 0.676. The average molecular weight is 293 g/mol. The molecule has 19 heavy (non-hydrogen) atoms. The summed E-state index contributed by atoms with van der Waals surface area (Å²) in [5, 5.41) is 0. The van der Waals surface area contributed by atoms with Crippen LogP contribution in [-0.2, 0) is 24.3 Å². The van der Waals surface area contributed by atoms with Crippen molar-refractivity contribution in [1.29, 1.82) is 0 Å². The molecular weight excluding hydrogens is 270 g/mol. The number of nitrogens with zero attached hydrogens (tertiary/aromatic N) is 1. The normalized spacial score (nSPS) is 21.6. The van der Waals surface area contributed by atoms with Crippen LogP contribution in [0.5, 0.6) is 0 Å². The lowest BCUT2D eigenvalue weighted by molar-refractivity contribution is -0.146. The Labute approximate surface area is 115 Å². The summed E-state index contributed by atoms with van der Waals surface area (Å²) in [5.74, 6) is -0.577. The maximum atomic E-state index is 12.2. The van der Waals surface area contributed by atoms with Gasteiger partial charge in [0.05, 0.1) is 25.6 Å². The summed E-state index contributed by atoms with van der Waals surface area (Å²) < 4.78 is 35.7. The Hall–Kier alpha value is -0.660. The summed E-state index contributed by atoms with van der Waals surface area (Å²) >= 11 is 0. The third-order valence-electron chi connectivity index (χ3n) is 3.08. The highest BCUT2D eigenvalue weighted by Crippen LogP contribution is 2.21. The van der Waals surface area contributed by atoms with Gasteiger partial charge in [-0.05, 0) is 33.1 Å². The molecule has 1 heterocycles. The highest BCUT2D eigenvalue weighted by molar-refractivity contribution is 7.89. The molecule has 1 aliphatic rings. The zero-order valence-electron chi connectivity index (χ0n) is 11.8. The van der Waals surface area contributed by atoms with Crippen molar-refractivity contribution in [2.24, 2.45) is 0 Å². The van der Waals surface area contributed by atoms with Crippen molar-refractivity contribution in [2.75, 3.05) is 26.0 Å². The van der Waals surface area contributed by atoms with Crippen LogP contribution in [0.4, 0.5) is 0 Å². The lowest BCUT2D eigenvalue weighted by Crippen LogP contribution is -2.49. The van der Waals surface area contributed by atoms with E-state index in [1.165, 1.54) is 11.4 Å². The molecule has 1 atom stereocenters. The number of hydrogen-bond acceptors (Lipinski definition) is 5. The van der Waals surface area contributed by atoms with Gasteiger partial charge in [-0.25, -0.2) is 8.42 Å². The largest absolute Gasteiger partial charge is 0.468 e. The molecule has 112 valence electrons. The Bertz CT molecular complexity index is 393. The number of carbonyl (C=O) groups excluding carboxylic acids is 1. The lowest BCUT2D eigenvalue weighted by Gasteiger charge is -2.32. The summed E-state index contributed by atoms with van der Waals surface area (Å²) in [7, 11) is -2.19. The summed E-state index contributed by atoms with van der Waals surface area (Å²) in [5.41, 5.74) is 0. The molecule has 7 heteroatoms. The van der Waals surface area contributed by atoms with Gasteiger partial charge in [0.15, 0.2) is 0 Å². The molecule has 0 aromatic heterocycles. The molecule has 0 unspecified atom stereocenters. The van der Waals surface area contributed by atoms with Crippen molar-refractivity contribution >= 4 is 16.0 Å². The highest BCUT2D eigenvalue weighted by atomic mass is 32.2. The maximum absolute atomic E-state index is 12.2. The minimum Gasteiger partial charge on any atom is -0.468 e. The van der Waals surface area contributed by atoms with Gasteiger partial charge in [0.1, 0.15) is 6.04 Å². The van der Waals surface area contributed by atoms with Gasteiger partial charge in [0.2, 0.25) is 10.0 Å². The van der Waals surface area contributed by atoms with E-state index in [1.54, 1.807) is 0 Å². The third kappa shape index (κ3) is 4.74. The number of esters is 1. The number of rotatable bonds is 6. The fraction of sp³-hybridized carbons (Fsp3) is 0.917. The van der Waals surface area contributed by atoms with Crippen LogP contribution in [0.3, 0.4) is 0 Å². The highest BCUT2D eigenvalue weighted by Gasteiger charge is 2.37. The van der Waals surface area contributed by atoms with Crippen molar-refractivity contribution in [2.45, 2.75) is 45.3 Å². The molecule has 0 radical (unpaired) electrons. The van der Waals surface area contributed by atoms with Crippen LogP contribution in [0.25, 0.3) is 0 Å². The second kappa shape index (κ2) is 7.21. The van der Waals surface area contributed by atoms with Crippen LogP contribution >= 0.6 is 0 Å². The topological polar surface area (TPSA) is 72.9 Å². The minimum atomic E-state index is -3.48. The van der Waals surface area contributed by atoms with Gasteiger partial charge in [0, 0.05) is 6.54 Å². The number of ether oxygens (including phenoxy) is 2. The zero-order chi connectivity index (χ0) is 14.5. The molecule has 0 bridgehead atoms. The minimum absolute atomic E-state index is 0.00652. The Balaban J connectivity index is 2.70. The maximum Gasteiger partial charge on any atom is 0.324 e. The van der Waals surface area contributed by atoms with E-state index < -0.39 is 22.0 Å². The van der Waals surface area contributed by atoms with Crippen LogP contribution in [-0.4, -0.2) is 56.9 Å². The first kappa shape index (κ1) is 16.4. The fourth-order valence-electron chi connectivity index (χ4n) is 2.12.